The van der Waals surface area contributed by atoms with Gasteiger partial charge in [0, 0.05) is 5.92 Å². The van der Waals surface area contributed by atoms with E-state index in [-0.39, 0.29) is 6.04 Å². The van der Waals surface area contributed by atoms with Gasteiger partial charge in [0.25, 0.3) is 0 Å². The molecule has 15 heavy (non-hydrogen) atoms. The smallest absolute Gasteiger partial charge is 0.243 e. The Labute approximate surface area is 94.0 Å². The zero-order chi connectivity index (χ0) is 10.7. The molecule has 4 nitrogen and oxygen atoms in total. The summed E-state index contributed by atoms with van der Waals surface area (Å²) in [6.45, 7) is 0. The van der Waals surface area contributed by atoms with Crippen molar-refractivity contribution in [2.45, 2.75) is 37.6 Å². The van der Waals surface area contributed by atoms with Crippen molar-refractivity contribution >= 4 is 11.8 Å². The molecule has 0 saturated heterocycles. The molecule has 2 N–H and O–H groups in total. The number of rotatable bonds is 5. The van der Waals surface area contributed by atoms with Crippen molar-refractivity contribution in [1.29, 1.82) is 0 Å². The molecule has 0 radical (unpaired) electrons. The predicted molar refractivity (Wildman–Crippen MR) is 60.8 cm³/mol. The lowest BCUT2D eigenvalue weighted by Gasteiger charge is -2.21. The van der Waals surface area contributed by atoms with E-state index in [0.717, 1.165) is 18.0 Å². The first-order valence-corrected chi connectivity index (χ1v) is 6.78. The molecule has 0 unspecified atom stereocenters. The Morgan fingerprint density at radius 2 is 2.40 bits per heavy atom. The van der Waals surface area contributed by atoms with Gasteiger partial charge in [-0.25, -0.2) is 0 Å². The summed E-state index contributed by atoms with van der Waals surface area (Å²) in [7, 11) is 0. The minimum atomic E-state index is -0.0984. The van der Waals surface area contributed by atoms with Gasteiger partial charge in [0.1, 0.15) is 0 Å². The van der Waals surface area contributed by atoms with Crippen LogP contribution < -0.4 is 5.73 Å². The summed E-state index contributed by atoms with van der Waals surface area (Å²) in [6.07, 6.45) is 6.64. The average molecular weight is 227 g/mol. The first-order valence-electron chi connectivity index (χ1n) is 5.39. The molecule has 5 heteroatoms. The van der Waals surface area contributed by atoms with Crippen molar-refractivity contribution in [3.05, 3.63) is 11.7 Å². The van der Waals surface area contributed by atoms with Gasteiger partial charge in [0.15, 0.2) is 5.82 Å². The Balaban J connectivity index is 1.93. The molecule has 1 aromatic heterocycles. The van der Waals surface area contributed by atoms with Crippen molar-refractivity contribution in [2.75, 3.05) is 12.0 Å². The number of hydrogen-bond acceptors (Lipinski definition) is 5. The maximum absolute atomic E-state index is 5.94. The number of nitrogens with two attached hydrogens (primary N) is 1. The Bertz CT molecular complexity index is 311. The molecule has 1 aliphatic carbocycles. The van der Waals surface area contributed by atoms with Crippen LogP contribution in [0.15, 0.2) is 4.52 Å². The Morgan fingerprint density at radius 1 is 1.60 bits per heavy atom. The largest absolute Gasteiger partial charge is 0.338 e. The molecule has 0 spiro atoms. The fraction of sp³-hybridized carbons (Fsp3) is 0.800. The second-order valence-electron chi connectivity index (χ2n) is 4.01. The van der Waals surface area contributed by atoms with Gasteiger partial charge >= 0.3 is 0 Å². The minimum Gasteiger partial charge on any atom is -0.338 e. The van der Waals surface area contributed by atoms with Crippen LogP contribution in [0.1, 0.15) is 49.4 Å². The molecule has 1 heterocycles. The summed E-state index contributed by atoms with van der Waals surface area (Å²) in [5, 5.41) is 3.99. The quantitative estimate of drug-likeness (QED) is 0.834. The predicted octanol–water partition coefficient (Wildman–Crippen LogP) is 2.09. The molecule has 84 valence electrons. The molecular weight excluding hydrogens is 210 g/mol. The van der Waals surface area contributed by atoms with Gasteiger partial charge in [0.2, 0.25) is 5.89 Å². The van der Waals surface area contributed by atoms with E-state index >= 15 is 0 Å². The summed E-state index contributed by atoms with van der Waals surface area (Å²) in [5.74, 6) is 3.01. The van der Waals surface area contributed by atoms with Crippen LogP contribution in [0.3, 0.4) is 0 Å². The van der Waals surface area contributed by atoms with Gasteiger partial charge in [-0.05, 0) is 31.3 Å². The maximum atomic E-state index is 5.94. The topological polar surface area (TPSA) is 64.9 Å². The van der Waals surface area contributed by atoms with Gasteiger partial charge in [-0.2, -0.15) is 16.7 Å². The van der Waals surface area contributed by atoms with E-state index in [1.807, 2.05) is 0 Å². The van der Waals surface area contributed by atoms with E-state index in [1.54, 1.807) is 11.8 Å². The normalized spacial score (nSPS) is 18.8. The summed E-state index contributed by atoms with van der Waals surface area (Å²) >= 11 is 1.78. The minimum absolute atomic E-state index is 0.0984. The van der Waals surface area contributed by atoms with E-state index in [2.05, 4.69) is 16.4 Å². The van der Waals surface area contributed by atoms with Gasteiger partial charge < -0.3 is 10.3 Å². The van der Waals surface area contributed by atoms with Crippen molar-refractivity contribution < 1.29 is 4.52 Å². The zero-order valence-corrected chi connectivity index (χ0v) is 9.80. The highest BCUT2D eigenvalue weighted by molar-refractivity contribution is 7.98. The van der Waals surface area contributed by atoms with E-state index in [1.165, 1.54) is 19.3 Å². The highest BCUT2D eigenvalue weighted by Gasteiger charge is 2.25. The van der Waals surface area contributed by atoms with Crippen molar-refractivity contribution in [1.82, 2.24) is 10.1 Å². The SMILES string of the molecule is CSCC[C@@H](N)c1nc(C2CCC2)no1. The summed E-state index contributed by atoms with van der Waals surface area (Å²) in [5.41, 5.74) is 5.94. The lowest BCUT2D eigenvalue weighted by molar-refractivity contribution is 0.333. The van der Waals surface area contributed by atoms with Crippen molar-refractivity contribution in [3.63, 3.8) is 0 Å². The fourth-order valence-electron chi connectivity index (χ4n) is 1.60. The fourth-order valence-corrected chi connectivity index (χ4v) is 2.09. The third-order valence-corrected chi connectivity index (χ3v) is 3.52. The third kappa shape index (κ3) is 2.52. The van der Waals surface area contributed by atoms with E-state index < -0.39 is 0 Å². The van der Waals surface area contributed by atoms with Crippen molar-refractivity contribution in [2.24, 2.45) is 5.73 Å². The third-order valence-electron chi connectivity index (χ3n) is 2.88. The molecule has 2 rings (SSSR count). The van der Waals surface area contributed by atoms with Gasteiger partial charge in [-0.1, -0.05) is 11.6 Å². The van der Waals surface area contributed by atoms with Crippen LogP contribution in [-0.2, 0) is 0 Å². The molecule has 0 aromatic carbocycles. The molecule has 1 saturated carbocycles. The van der Waals surface area contributed by atoms with Crippen LogP contribution in [-0.4, -0.2) is 22.1 Å². The molecule has 0 amide bonds. The average Bonchev–Trinajstić information content (AvgIpc) is 2.60. The van der Waals surface area contributed by atoms with E-state index in [0.29, 0.717) is 11.8 Å². The van der Waals surface area contributed by atoms with Crippen molar-refractivity contribution in [3.8, 4) is 0 Å². The van der Waals surface area contributed by atoms with Gasteiger partial charge in [0.05, 0.1) is 6.04 Å². The molecule has 0 aliphatic heterocycles. The second kappa shape index (κ2) is 4.99. The second-order valence-corrected chi connectivity index (χ2v) is 4.99. The molecule has 0 bridgehead atoms. The lowest BCUT2D eigenvalue weighted by atomic mass is 9.85. The highest BCUT2D eigenvalue weighted by Crippen LogP contribution is 2.34. The molecule has 1 atom stereocenters. The maximum Gasteiger partial charge on any atom is 0.243 e. The first-order chi connectivity index (χ1) is 7.31. The van der Waals surface area contributed by atoms with Crippen LogP contribution in [0.5, 0.6) is 0 Å². The number of aromatic nitrogens is 2. The molecule has 1 fully saturated rings. The Hall–Kier alpha value is -0.550. The number of thioether (sulfide) groups is 1. The Morgan fingerprint density at radius 3 is 3.00 bits per heavy atom. The highest BCUT2D eigenvalue weighted by atomic mass is 32.2. The van der Waals surface area contributed by atoms with Gasteiger partial charge in [-0.3, -0.25) is 0 Å². The van der Waals surface area contributed by atoms with Gasteiger partial charge in [-0.15, -0.1) is 0 Å². The Kier molecular flexibility index (Phi) is 3.64. The molecule has 1 aromatic rings. The summed E-state index contributed by atoms with van der Waals surface area (Å²) < 4.78 is 5.18. The summed E-state index contributed by atoms with van der Waals surface area (Å²) in [4.78, 5) is 4.37. The molecule has 1 aliphatic rings. The molecular formula is C10H17N3OS. The van der Waals surface area contributed by atoms with Crippen LogP contribution in [0.2, 0.25) is 0 Å². The summed E-state index contributed by atoms with van der Waals surface area (Å²) in [6, 6.07) is -0.0984. The number of nitrogens with zero attached hydrogens (tertiary/aromatic N) is 2. The van der Waals surface area contributed by atoms with Crippen LogP contribution in [0.25, 0.3) is 0 Å². The lowest BCUT2D eigenvalue weighted by Crippen LogP contribution is -2.13. The monoisotopic (exact) mass is 227 g/mol. The zero-order valence-electron chi connectivity index (χ0n) is 8.98. The van der Waals surface area contributed by atoms with Crippen LogP contribution in [0, 0.1) is 0 Å². The van der Waals surface area contributed by atoms with E-state index in [4.69, 9.17) is 10.3 Å². The van der Waals surface area contributed by atoms with Crippen LogP contribution in [0.4, 0.5) is 0 Å². The van der Waals surface area contributed by atoms with E-state index in [9.17, 15) is 0 Å². The van der Waals surface area contributed by atoms with Crippen LogP contribution >= 0.6 is 11.8 Å². The standard InChI is InChI=1S/C10H17N3OS/c1-15-6-5-8(11)10-12-9(13-14-10)7-3-2-4-7/h7-8H,2-6,11H2,1H3/t8-/m1/s1. The number of hydrogen-bond donors (Lipinski definition) is 1. The first kappa shape index (κ1) is 11.0.